The van der Waals surface area contributed by atoms with Gasteiger partial charge in [0.05, 0.1) is 5.52 Å². The molecule has 124 valence electrons. The number of hydrogen-bond acceptors (Lipinski definition) is 2. The van der Waals surface area contributed by atoms with Crippen LogP contribution in [0.25, 0.3) is 10.9 Å². The van der Waals surface area contributed by atoms with E-state index >= 15 is 0 Å². The Balaban J connectivity index is 2.04. The van der Waals surface area contributed by atoms with Crippen LogP contribution in [0.4, 0.5) is 0 Å². The van der Waals surface area contributed by atoms with E-state index in [1.54, 1.807) is 0 Å². The Hall–Kier alpha value is -2.10. The maximum absolute atomic E-state index is 4.77. The first-order valence-corrected chi connectivity index (χ1v) is 8.58. The van der Waals surface area contributed by atoms with E-state index < -0.39 is 0 Å². The Kier molecular flexibility index (Phi) is 6.85. The van der Waals surface area contributed by atoms with Gasteiger partial charge in [-0.1, -0.05) is 37.6 Å². The normalized spacial score (nSPS) is 11.7. The summed E-state index contributed by atoms with van der Waals surface area (Å²) in [7, 11) is 2.11. The highest BCUT2D eigenvalue weighted by Gasteiger charge is 2.05. The molecule has 0 spiro atoms. The fourth-order valence-corrected chi connectivity index (χ4v) is 2.62. The summed E-state index contributed by atoms with van der Waals surface area (Å²) in [6.45, 7) is 7.03. The van der Waals surface area contributed by atoms with Crippen molar-refractivity contribution in [3.63, 3.8) is 0 Å². The number of nitrogens with one attached hydrogen (secondary N) is 1. The number of guanidine groups is 1. The second-order valence-corrected chi connectivity index (χ2v) is 5.75. The lowest BCUT2D eigenvalue weighted by atomic mass is 10.1. The number of aliphatic imine (C=N–C) groups is 1. The molecular formula is C19H28N4. The van der Waals surface area contributed by atoms with Crippen molar-refractivity contribution in [3.05, 3.63) is 42.1 Å². The zero-order valence-corrected chi connectivity index (χ0v) is 14.5. The molecular weight excluding hydrogens is 284 g/mol. The Morgan fingerprint density at radius 2 is 2.04 bits per heavy atom. The minimum Gasteiger partial charge on any atom is -0.357 e. The van der Waals surface area contributed by atoms with Crippen LogP contribution in [-0.2, 0) is 6.42 Å². The summed E-state index contributed by atoms with van der Waals surface area (Å²) in [5, 5.41) is 4.57. The van der Waals surface area contributed by atoms with E-state index in [9.17, 15) is 0 Å². The van der Waals surface area contributed by atoms with Gasteiger partial charge in [0.2, 0.25) is 0 Å². The molecule has 2 aromatic rings. The smallest absolute Gasteiger partial charge is 0.193 e. The number of hydrogen-bond donors (Lipinski definition) is 1. The van der Waals surface area contributed by atoms with Gasteiger partial charge in [0.25, 0.3) is 0 Å². The van der Waals surface area contributed by atoms with Crippen LogP contribution in [0.2, 0.25) is 0 Å². The van der Waals surface area contributed by atoms with Crippen molar-refractivity contribution >= 4 is 16.9 Å². The fourth-order valence-electron chi connectivity index (χ4n) is 2.62. The molecule has 0 atom stereocenters. The molecule has 0 radical (unpaired) electrons. The molecule has 0 amide bonds. The molecule has 0 aliphatic carbocycles. The van der Waals surface area contributed by atoms with Crippen LogP contribution >= 0.6 is 0 Å². The lowest BCUT2D eigenvalue weighted by molar-refractivity contribution is 0.465. The van der Waals surface area contributed by atoms with E-state index in [4.69, 9.17) is 4.99 Å². The van der Waals surface area contributed by atoms with E-state index in [0.29, 0.717) is 0 Å². The van der Waals surface area contributed by atoms with Gasteiger partial charge in [-0.2, -0.15) is 0 Å². The SMILES string of the molecule is CCCCN(C)C(=NCCc1cccc2cccnc12)NCC. The van der Waals surface area contributed by atoms with Gasteiger partial charge in [-0.15, -0.1) is 0 Å². The summed E-state index contributed by atoms with van der Waals surface area (Å²) in [5.41, 5.74) is 2.36. The Labute approximate surface area is 139 Å². The average Bonchev–Trinajstić information content (AvgIpc) is 2.59. The molecule has 0 saturated heterocycles. The van der Waals surface area contributed by atoms with Crippen LogP contribution in [0.3, 0.4) is 0 Å². The quantitative estimate of drug-likeness (QED) is 0.628. The summed E-state index contributed by atoms with van der Waals surface area (Å²) in [6.07, 6.45) is 5.15. The van der Waals surface area contributed by atoms with Gasteiger partial charge in [-0.05, 0) is 31.4 Å². The summed E-state index contributed by atoms with van der Waals surface area (Å²) >= 11 is 0. The summed E-state index contributed by atoms with van der Waals surface area (Å²) in [6, 6.07) is 10.5. The van der Waals surface area contributed by atoms with E-state index in [1.807, 2.05) is 12.3 Å². The topological polar surface area (TPSA) is 40.5 Å². The maximum atomic E-state index is 4.77. The minimum absolute atomic E-state index is 0.772. The van der Waals surface area contributed by atoms with Crippen molar-refractivity contribution in [2.24, 2.45) is 4.99 Å². The second-order valence-electron chi connectivity index (χ2n) is 5.75. The third-order valence-electron chi connectivity index (χ3n) is 3.90. The molecule has 2 rings (SSSR count). The Morgan fingerprint density at radius 3 is 2.83 bits per heavy atom. The lowest BCUT2D eigenvalue weighted by Crippen LogP contribution is -2.39. The number of para-hydroxylation sites is 1. The predicted molar refractivity (Wildman–Crippen MR) is 99.0 cm³/mol. The molecule has 23 heavy (non-hydrogen) atoms. The van der Waals surface area contributed by atoms with Gasteiger partial charge in [0.1, 0.15) is 0 Å². The molecule has 0 aliphatic rings. The first kappa shape index (κ1) is 17.3. The number of nitrogens with zero attached hydrogens (tertiary/aromatic N) is 3. The molecule has 0 saturated carbocycles. The van der Waals surface area contributed by atoms with Crippen LogP contribution in [-0.4, -0.2) is 42.5 Å². The Bertz CT molecular complexity index is 631. The number of benzene rings is 1. The summed E-state index contributed by atoms with van der Waals surface area (Å²) in [5.74, 6) is 0.995. The molecule has 1 heterocycles. The first-order valence-electron chi connectivity index (χ1n) is 8.58. The third-order valence-corrected chi connectivity index (χ3v) is 3.90. The number of fused-ring (bicyclic) bond motifs is 1. The molecule has 0 unspecified atom stereocenters. The highest BCUT2D eigenvalue weighted by molar-refractivity contribution is 5.82. The highest BCUT2D eigenvalue weighted by atomic mass is 15.3. The van der Waals surface area contributed by atoms with Crippen LogP contribution in [0.5, 0.6) is 0 Å². The molecule has 1 aromatic carbocycles. The van der Waals surface area contributed by atoms with E-state index in [0.717, 1.165) is 37.5 Å². The van der Waals surface area contributed by atoms with Crippen LogP contribution in [0.15, 0.2) is 41.5 Å². The number of rotatable bonds is 7. The van der Waals surface area contributed by atoms with Crippen molar-refractivity contribution < 1.29 is 0 Å². The average molecular weight is 312 g/mol. The molecule has 0 bridgehead atoms. The maximum Gasteiger partial charge on any atom is 0.193 e. The van der Waals surface area contributed by atoms with E-state index in [1.165, 1.54) is 23.8 Å². The van der Waals surface area contributed by atoms with Crippen molar-refractivity contribution in [1.29, 1.82) is 0 Å². The number of aromatic nitrogens is 1. The van der Waals surface area contributed by atoms with Crippen LogP contribution in [0.1, 0.15) is 32.3 Å². The zero-order chi connectivity index (χ0) is 16.5. The monoisotopic (exact) mass is 312 g/mol. The van der Waals surface area contributed by atoms with Gasteiger partial charge >= 0.3 is 0 Å². The number of unbranched alkanes of at least 4 members (excludes halogenated alkanes) is 1. The van der Waals surface area contributed by atoms with Gasteiger partial charge in [-0.3, -0.25) is 9.98 Å². The largest absolute Gasteiger partial charge is 0.357 e. The Morgan fingerprint density at radius 1 is 1.22 bits per heavy atom. The molecule has 1 N–H and O–H groups in total. The fraction of sp³-hybridized carbons (Fsp3) is 0.474. The molecule has 1 aromatic heterocycles. The summed E-state index contributed by atoms with van der Waals surface area (Å²) < 4.78 is 0. The van der Waals surface area contributed by atoms with Gasteiger partial charge in [-0.25, -0.2) is 0 Å². The second kappa shape index (κ2) is 9.13. The lowest BCUT2D eigenvalue weighted by Gasteiger charge is -2.21. The molecule has 0 aliphatic heterocycles. The van der Waals surface area contributed by atoms with Crippen molar-refractivity contribution in [3.8, 4) is 0 Å². The molecule has 0 fully saturated rings. The highest BCUT2D eigenvalue weighted by Crippen LogP contribution is 2.16. The first-order chi connectivity index (χ1) is 11.3. The van der Waals surface area contributed by atoms with Crippen molar-refractivity contribution in [2.75, 3.05) is 26.7 Å². The number of pyridine rings is 1. The molecule has 4 nitrogen and oxygen atoms in total. The predicted octanol–water partition coefficient (Wildman–Crippen LogP) is 3.47. The van der Waals surface area contributed by atoms with E-state index in [2.05, 4.69) is 60.4 Å². The molecule has 4 heteroatoms. The van der Waals surface area contributed by atoms with E-state index in [-0.39, 0.29) is 0 Å². The third kappa shape index (κ3) is 4.95. The van der Waals surface area contributed by atoms with Gasteiger partial charge in [0, 0.05) is 38.3 Å². The van der Waals surface area contributed by atoms with Crippen LogP contribution < -0.4 is 5.32 Å². The van der Waals surface area contributed by atoms with Gasteiger partial charge < -0.3 is 10.2 Å². The van der Waals surface area contributed by atoms with Crippen LogP contribution in [0, 0.1) is 0 Å². The summed E-state index contributed by atoms with van der Waals surface area (Å²) in [4.78, 5) is 11.5. The van der Waals surface area contributed by atoms with Gasteiger partial charge in [0.15, 0.2) is 5.96 Å². The van der Waals surface area contributed by atoms with Crippen molar-refractivity contribution in [1.82, 2.24) is 15.2 Å². The standard InChI is InChI=1S/C19H28N4/c1-4-6-15-23(3)19(20-5-2)22-14-12-17-10-7-9-16-11-8-13-21-18(16)17/h7-11,13H,4-6,12,14-15H2,1-3H3,(H,20,22). The zero-order valence-electron chi connectivity index (χ0n) is 14.5. The van der Waals surface area contributed by atoms with Crippen molar-refractivity contribution in [2.45, 2.75) is 33.1 Å². The minimum atomic E-state index is 0.772.